The number of anilines is 2. The fourth-order valence-corrected chi connectivity index (χ4v) is 3.32. The molecule has 0 bridgehead atoms. The zero-order valence-corrected chi connectivity index (χ0v) is 13.9. The predicted molar refractivity (Wildman–Crippen MR) is 91.4 cm³/mol. The number of thiophene rings is 1. The highest BCUT2D eigenvalue weighted by Crippen LogP contribution is 2.36. The molecule has 1 aliphatic rings. The van der Waals surface area contributed by atoms with Crippen molar-refractivity contribution in [2.24, 2.45) is 5.92 Å². The van der Waals surface area contributed by atoms with E-state index in [1.165, 1.54) is 18.2 Å². The zero-order chi connectivity index (χ0) is 14.8. The highest BCUT2D eigenvalue weighted by atomic mass is 32.1. The molecule has 3 rings (SSSR count). The molecule has 0 aliphatic heterocycles. The molecule has 0 saturated heterocycles. The predicted octanol–water partition coefficient (Wildman–Crippen LogP) is 4.14. The van der Waals surface area contributed by atoms with Crippen LogP contribution in [0.15, 0.2) is 11.4 Å². The first kappa shape index (κ1) is 14.6. The molecule has 1 N–H and O–H groups in total. The van der Waals surface area contributed by atoms with Crippen molar-refractivity contribution in [3.63, 3.8) is 0 Å². The van der Waals surface area contributed by atoms with Gasteiger partial charge in [0.15, 0.2) is 0 Å². The van der Waals surface area contributed by atoms with Crippen LogP contribution < -0.4 is 10.2 Å². The van der Waals surface area contributed by atoms with Crippen LogP contribution in [0.5, 0.6) is 0 Å². The third-order valence-corrected chi connectivity index (χ3v) is 4.47. The van der Waals surface area contributed by atoms with E-state index in [0.717, 1.165) is 36.1 Å². The van der Waals surface area contributed by atoms with Gasteiger partial charge in [-0.3, -0.25) is 0 Å². The van der Waals surface area contributed by atoms with Crippen LogP contribution in [0, 0.1) is 5.92 Å². The molecule has 21 heavy (non-hydrogen) atoms. The van der Waals surface area contributed by atoms with Gasteiger partial charge in [0.2, 0.25) is 5.95 Å². The molecule has 2 heterocycles. The molecule has 1 fully saturated rings. The summed E-state index contributed by atoms with van der Waals surface area (Å²) < 4.78 is 0. The first-order valence-electron chi connectivity index (χ1n) is 7.94. The average molecular weight is 304 g/mol. The molecule has 0 unspecified atom stereocenters. The Morgan fingerprint density at radius 3 is 2.86 bits per heavy atom. The monoisotopic (exact) mass is 304 g/mol. The molecule has 0 aromatic carbocycles. The molecule has 2 aromatic heterocycles. The maximum Gasteiger partial charge on any atom is 0.226 e. The fraction of sp³-hybridized carbons (Fsp3) is 0.625. The van der Waals surface area contributed by atoms with Crippen molar-refractivity contribution in [2.45, 2.75) is 46.1 Å². The van der Waals surface area contributed by atoms with Gasteiger partial charge in [-0.05, 0) is 36.6 Å². The van der Waals surface area contributed by atoms with Gasteiger partial charge in [0.1, 0.15) is 10.6 Å². The van der Waals surface area contributed by atoms with Gasteiger partial charge < -0.3 is 10.2 Å². The second kappa shape index (κ2) is 6.18. The van der Waals surface area contributed by atoms with E-state index in [2.05, 4.69) is 47.4 Å². The van der Waals surface area contributed by atoms with E-state index in [1.807, 2.05) is 0 Å². The second-order valence-corrected chi connectivity index (χ2v) is 7.11. The number of hydrogen-bond donors (Lipinski definition) is 1. The summed E-state index contributed by atoms with van der Waals surface area (Å²) in [5.41, 5.74) is 0. The van der Waals surface area contributed by atoms with E-state index in [-0.39, 0.29) is 0 Å². The lowest BCUT2D eigenvalue weighted by Gasteiger charge is -2.26. The van der Waals surface area contributed by atoms with Crippen molar-refractivity contribution in [3.05, 3.63) is 11.4 Å². The van der Waals surface area contributed by atoms with Gasteiger partial charge in [-0.15, -0.1) is 11.3 Å². The van der Waals surface area contributed by atoms with Gasteiger partial charge >= 0.3 is 0 Å². The highest BCUT2D eigenvalue weighted by Gasteiger charge is 2.31. The van der Waals surface area contributed by atoms with E-state index >= 15 is 0 Å². The van der Waals surface area contributed by atoms with Crippen molar-refractivity contribution in [3.8, 4) is 0 Å². The van der Waals surface area contributed by atoms with E-state index in [1.54, 1.807) is 11.3 Å². The molecular formula is C16H24N4S. The fourth-order valence-electron chi connectivity index (χ4n) is 2.56. The first-order valence-corrected chi connectivity index (χ1v) is 8.82. The topological polar surface area (TPSA) is 41.1 Å². The Labute approximate surface area is 130 Å². The molecule has 1 saturated carbocycles. The van der Waals surface area contributed by atoms with Gasteiger partial charge in [-0.2, -0.15) is 4.98 Å². The summed E-state index contributed by atoms with van der Waals surface area (Å²) in [4.78, 5) is 13.1. The molecule has 0 radical (unpaired) electrons. The SMILES string of the molecule is CCCNc1nc(N(CC(C)C)C2CC2)c2ccsc2n1. The molecule has 0 spiro atoms. The third kappa shape index (κ3) is 3.28. The number of fused-ring (bicyclic) bond motifs is 1. The van der Waals surface area contributed by atoms with Crippen molar-refractivity contribution >= 4 is 33.3 Å². The summed E-state index contributed by atoms with van der Waals surface area (Å²) in [6.07, 6.45) is 3.67. The lowest BCUT2D eigenvalue weighted by molar-refractivity contribution is 0.604. The van der Waals surface area contributed by atoms with Gasteiger partial charge in [-0.25, -0.2) is 4.98 Å². The van der Waals surface area contributed by atoms with E-state index in [4.69, 9.17) is 4.98 Å². The Bertz CT molecular complexity index is 603. The Morgan fingerprint density at radius 1 is 1.38 bits per heavy atom. The van der Waals surface area contributed by atoms with E-state index < -0.39 is 0 Å². The molecule has 5 heteroatoms. The average Bonchev–Trinajstić information content (AvgIpc) is 3.19. The summed E-state index contributed by atoms with van der Waals surface area (Å²) in [5, 5.41) is 6.66. The smallest absolute Gasteiger partial charge is 0.226 e. The highest BCUT2D eigenvalue weighted by molar-refractivity contribution is 7.16. The lowest BCUT2D eigenvalue weighted by Crippen LogP contribution is -2.31. The number of hydrogen-bond acceptors (Lipinski definition) is 5. The lowest BCUT2D eigenvalue weighted by atomic mass is 10.2. The maximum atomic E-state index is 4.84. The van der Waals surface area contributed by atoms with Crippen LogP contribution in [0.3, 0.4) is 0 Å². The van der Waals surface area contributed by atoms with Crippen LogP contribution in [0.4, 0.5) is 11.8 Å². The number of rotatable bonds is 7. The normalized spacial score (nSPS) is 14.9. The molecular weight excluding hydrogens is 280 g/mol. The van der Waals surface area contributed by atoms with Crippen LogP contribution in [-0.2, 0) is 0 Å². The molecule has 4 nitrogen and oxygen atoms in total. The van der Waals surface area contributed by atoms with Crippen LogP contribution in [0.2, 0.25) is 0 Å². The zero-order valence-electron chi connectivity index (χ0n) is 13.1. The van der Waals surface area contributed by atoms with Gasteiger partial charge in [-0.1, -0.05) is 20.8 Å². The molecule has 0 atom stereocenters. The summed E-state index contributed by atoms with van der Waals surface area (Å²) in [6, 6.07) is 2.83. The molecule has 2 aromatic rings. The maximum absolute atomic E-state index is 4.84. The largest absolute Gasteiger partial charge is 0.354 e. The quantitative estimate of drug-likeness (QED) is 0.834. The molecule has 1 aliphatic carbocycles. The Kier molecular flexibility index (Phi) is 4.29. The van der Waals surface area contributed by atoms with Gasteiger partial charge in [0.05, 0.1) is 5.39 Å². The van der Waals surface area contributed by atoms with Crippen molar-refractivity contribution < 1.29 is 0 Å². The third-order valence-electron chi connectivity index (χ3n) is 3.66. The summed E-state index contributed by atoms with van der Waals surface area (Å²) >= 11 is 1.70. The Morgan fingerprint density at radius 2 is 2.19 bits per heavy atom. The van der Waals surface area contributed by atoms with Crippen molar-refractivity contribution in [2.75, 3.05) is 23.3 Å². The molecule has 114 valence electrons. The Balaban J connectivity index is 1.99. The van der Waals surface area contributed by atoms with Crippen molar-refractivity contribution in [1.82, 2.24) is 9.97 Å². The number of nitrogens with one attached hydrogen (secondary N) is 1. The van der Waals surface area contributed by atoms with Crippen LogP contribution in [0.1, 0.15) is 40.0 Å². The minimum Gasteiger partial charge on any atom is -0.354 e. The number of aromatic nitrogens is 2. The standard InChI is InChI=1S/C16H24N4S/c1-4-8-17-16-18-14(13-7-9-21-15(13)19-16)20(10-11(2)3)12-5-6-12/h7,9,11-12H,4-6,8,10H2,1-3H3,(H,17,18,19). The van der Waals surface area contributed by atoms with Crippen LogP contribution in [0.25, 0.3) is 10.2 Å². The summed E-state index contributed by atoms with van der Waals surface area (Å²) in [5.74, 6) is 2.54. The van der Waals surface area contributed by atoms with Crippen LogP contribution in [-0.4, -0.2) is 29.1 Å². The van der Waals surface area contributed by atoms with Gasteiger partial charge in [0.25, 0.3) is 0 Å². The summed E-state index contributed by atoms with van der Waals surface area (Å²) in [7, 11) is 0. The van der Waals surface area contributed by atoms with E-state index in [9.17, 15) is 0 Å². The minimum atomic E-state index is 0.640. The Hall–Kier alpha value is -1.36. The van der Waals surface area contributed by atoms with Crippen LogP contribution >= 0.6 is 11.3 Å². The number of nitrogens with zero attached hydrogens (tertiary/aromatic N) is 3. The first-order chi connectivity index (χ1) is 10.2. The second-order valence-electron chi connectivity index (χ2n) is 6.21. The van der Waals surface area contributed by atoms with Gasteiger partial charge in [0, 0.05) is 19.1 Å². The molecule has 0 amide bonds. The minimum absolute atomic E-state index is 0.640. The van der Waals surface area contributed by atoms with E-state index in [0.29, 0.717) is 12.0 Å². The van der Waals surface area contributed by atoms with Crippen molar-refractivity contribution in [1.29, 1.82) is 0 Å². The summed E-state index contributed by atoms with van der Waals surface area (Å²) in [6.45, 7) is 8.70.